The Labute approximate surface area is 152 Å². The highest BCUT2D eigenvalue weighted by Gasteiger charge is 2.29. The van der Waals surface area contributed by atoms with E-state index in [4.69, 9.17) is 9.26 Å². The van der Waals surface area contributed by atoms with Crippen LogP contribution >= 0.6 is 0 Å². The second-order valence-corrected chi connectivity index (χ2v) is 8.12. The number of ether oxygens (including phenoxy) is 1. The number of fused-ring (bicyclic) bond motifs is 1. The number of anilines is 1. The first-order valence-electron chi connectivity index (χ1n) is 8.61. The molecule has 1 aromatic heterocycles. The van der Waals surface area contributed by atoms with Gasteiger partial charge in [0.2, 0.25) is 0 Å². The molecule has 136 valence electrons. The molecule has 0 atom stereocenters. The Hall–Kier alpha value is -2.54. The van der Waals surface area contributed by atoms with E-state index in [2.05, 4.69) is 9.88 Å². The van der Waals surface area contributed by atoms with Crippen LogP contribution in [0.3, 0.4) is 0 Å². The number of nitrogens with one attached hydrogen (secondary N) is 1. The predicted octanol–water partition coefficient (Wildman–Crippen LogP) is 4.08. The minimum absolute atomic E-state index is 0.0915. The minimum atomic E-state index is -3.87. The Morgan fingerprint density at radius 1 is 1.27 bits per heavy atom. The molecule has 0 bridgehead atoms. The van der Waals surface area contributed by atoms with E-state index in [1.54, 1.807) is 12.1 Å². The molecular weight excluding hydrogens is 352 g/mol. The average molecular weight is 372 g/mol. The van der Waals surface area contributed by atoms with Crippen molar-refractivity contribution >= 4 is 26.8 Å². The first-order chi connectivity index (χ1) is 12.5. The smallest absolute Gasteiger partial charge is 0.266 e. The van der Waals surface area contributed by atoms with E-state index in [9.17, 15) is 8.42 Å². The van der Waals surface area contributed by atoms with Crippen LogP contribution in [-0.4, -0.2) is 20.7 Å². The minimum Gasteiger partial charge on any atom is -0.495 e. The van der Waals surface area contributed by atoms with Crippen LogP contribution in [-0.2, 0) is 16.4 Å². The molecule has 2 aromatic carbocycles. The molecule has 1 fully saturated rings. The van der Waals surface area contributed by atoms with Crippen LogP contribution < -0.4 is 9.46 Å². The average Bonchev–Trinajstić information content (AvgIpc) is 3.42. The normalized spacial score (nSPS) is 14.5. The number of aromatic nitrogens is 1. The lowest BCUT2D eigenvalue weighted by Crippen LogP contribution is -2.15. The van der Waals surface area contributed by atoms with E-state index in [1.807, 2.05) is 31.2 Å². The highest BCUT2D eigenvalue weighted by Crippen LogP contribution is 2.44. The third-order valence-electron chi connectivity index (χ3n) is 4.70. The maximum atomic E-state index is 12.9. The summed E-state index contributed by atoms with van der Waals surface area (Å²) in [6.45, 7) is 1.97. The topological polar surface area (TPSA) is 81.4 Å². The third-order valence-corrected chi connectivity index (χ3v) is 6.06. The third kappa shape index (κ3) is 2.92. The van der Waals surface area contributed by atoms with Crippen LogP contribution in [0.4, 0.5) is 5.82 Å². The molecule has 0 radical (unpaired) electrons. The monoisotopic (exact) mass is 372 g/mol. The molecule has 1 aliphatic rings. The molecule has 3 aromatic rings. The van der Waals surface area contributed by atoms with Gasteiger partial charge in [-0.1, -0.05) is 30.3 Å². The Balaban J connectivity index is 1.75. The predicted molar refractivity (Wildman–Crippen MR) is 99.2 cm³/mol. The molecule has 1 aliphatic carbocycles. The Morgan fingerprint density at radius 3 is 2.77 bits per heavy atom. The van der Waals surface area contributed by atoms with Crippen molar-refractivity contribution < 1.29 is 17.7 Å². The summed E-state index contributed by atoms with van der Waals surface area (Å²) in [5.41, 5.74) is 2.65. The molecule has 7 heteroatoms. The summed E-state index contributed by atoms with van der Waals surface area (Å²) in [5, 5.41) is 4.64. The second-order valence-electron chi connectivity index (χ2n) is 6.47. The van der Waals surface area contributed by atoms with E-state index in [0.29, 0.717) is 22.6 Å². The molecule has 1 N–H and O–H groups in total. The molecule has 0 saturated heterocycles. The fraction of sp³-hybridized carbons (Fsp3) is 0.316. The molecule has 0 aliphatic heterocycles. The van der Waals surface area contributed by atoms with E-state index >= 15 is 0 Å². The highest BCUT2D eigenvalue weighted by atomic mass is 32.2. The maximum Gasteiger partial charge on any atom is 0.266 e. The summed E-state index contributed by atoms with van der Waals surface area (Å²) in [4.78, 5) is 0.0915. The molecule has 0 unspecified atom stereocenters. The Kier molecular flexibility index (Phi) is 4.11. The molecule has 1 saturated carbocycles. The van der Waals surface area contributed by atoms with Gasteiger partial charge in [-0.3, -0.25) is 4.72 Å². The van der Waals surface area contributed by atoms with Crippen LogP contribution in [0, 0.1) is 0 Å². The molecule has 26 heavy (non-hydrogen) atoms. The molecule has 4 rings (SSSR count). The lowest BCUT2D eigenvalue weighted by Gasteiger charge is -2.11. The van der Waals surface area contributed by atoms with Crippen LogP contribution in [0.2, 0.25) is 0 Å². The van der Waals surface area contributed by atoms with Gasteiger partial charge < -0.3 is 9.26 Å². The van der Waals surface area contributed by atoms with E-state index in [-0.39, 0.29) is 10.7 Å². The van der Waals surface area contributed by atoms with Gasteiger partial charge in [0, 0.05) is 5.56 Å². The second kappa shape index (κ2) is 6.32. The van der Waals surface area contributed by atoms with Crippen LogP contribution in [0.15, 0.2) is 45.8 Å². The number of sulfonamides is 1. The fourth-order valence-corrected chi connectivity index (χ4v) is 4.34. The van der Waals surface area contributed by atoms with Crippen molar-refractivity contribution in [2.75, 3.05) is 11.8 Å². The molecular formula is C19H20N2O4S. The molecule has 1 heterocycles. The van der Waals surface area contributed by atoms with Gasteiger partial charge in [-0.05, 0) is 48.9 Å². The number of hydrogen-bond donors (Lipinski definition) is 1. The molecule has 0 spiro atoms. The van der Waals surface area contributed by atoms with Crippen molar-refractivity contribution in [1.29, 1.82) is 0 Å². The van der Waals surface area contributed by atoms with Crippen molar-refractivity contribution in [2.45, 2.75) is 37.0 Å². The van der Waals surface area contributed by atoms with Crippen molar-refractivity contribution in [3.8, 4) is 5.75 Å². The summed E-state index contributed by atoms with van der Waals surface area (Å²) in [5.74, 6) is 0.977. The SMILES string of the molecule is CCc1ccc(OC)c(S(=O)(=O)Nc2noc3c(C4CC4)cccc23)c1. The lowest BCUT2D eigenvalue weighted by molar-refractivity contribution is 0.402. The number of methoxy groups -OCH3 is 1. The van der Waals surface area contributed by atoms with Gasteiger partial charge in [-0.25, -0.2) is 8.42 Å². The zero-order chi connectivity index (χ0) is 18.3. The lowest BCUT2D eigenvalue weighted by atomic mass is 10.1. The maximum absolute atomic E-state index is 12.9. The van der Waals surface area contributed by atoms with E-state index in [0.717, 1.165) is 30.4 Å². The number of para-hydroxylation sites is 1. The van der Waals surface area contributed by atoms with Crippen LogP contribution in [0.25, 0.3) is 11.0 Å². The van der Waals surface area contributed by atoms with Gasteiger partial charge in [-0.2, -0.15) is 0 Å². The molecule has 0 amide bonds. The fourth-order valence-electron chi connectivity index (χ4n) is 3.11. The number of hydrogen-bond acceptors (Lipinski definition) is 5. The largest absolute Gasteiger partial charge is 0.495 e. The van der Waals surface area contributed by atoms with Crippen LogP contribution in [0.1, 0.15) is 36.8 Å². The summed E-state index contributed by atoms with van der Waals surface area (Å²) in [7, 11) is -2.41. The number of aryl methyl sites for hydroxylation is 1. The van der Waals surface area contributed by atoms with Gasteiger partial charge in [0.15, 0.2) is 11.4 Å². The highest BCUT2D eigenvalue weighted by molar-refractivity contribution is 7.92. The number of benzene rings is 2. The number of nitrogens with zero attached hydrogens (tertiary/aromatic N) is 1. The van der Waals surface area contributed by atoms with Gasteiger partial charge in [-0.15, -0.1) is 0 Å². The van der Waals surface area contributed by atoms with Crippen molar-refractivity contribution in [1.82, 2.24) is 5.16 Å². The van der Waals surface area contributed by atoms with Gasteiger partial charge >= 0.3 is 0 Å². The summed E-state index contributed by atoms with van der Waals surface area (Å²) in [6, 6.07) is 10.9. The Morgan fingerprint density at radius 2 is 2.08 bits per heavy atom. The summed E-state index contributed by atoms with van der Waals surface area (Å²) >= 11 is 0. The van der Waals surface area contributed by atoms with Crippen molar-refractivity contribution in [3.63, 3.8) is 0 Å². The number of rotatable bonds is 6. The zero-order valence-electron chi connectivity index (χ0n) is 14.7. The molecule has 6 nitrogen and oxygen atoms in total. The van der Waals surface area contributed by atoms with Gasteiger partial charge in [0.05, 0.1) is 12.5 Å². The summed E-state index contributed by atoms with van der Waals surface area (Å²) < 4.78 is 39.1. The first kappa shape index (κ1) is 16.9. The van der Waals surface area contributed by atoms with Crippen molar-refractivity contribution in [3.05, 3.63) is 47.5 Å². The van der Waals surface area contributed by atoms with Gasteiger partial charge in [0.25, 0.3) is 10.0 Å². The first-order valence-corrected chi connectivity index (χ1v) is 10.1. The zero-order valence-corrected chi connectivity index (χ0v) is 15.5. The van der Waals surface area contributed by atoms with Crippen LogP contribution in [0.5, 0.6) is 5.75 Å². The standard InChI is InChI=1S/C19H20N2O4S/c1-3-12-7-10-16(24-2)17(11-12)26(22,23)21-19-15-6-4-5-14(13-8-9-13)18(15)25-20-19/h4-7,10-11,13H,3,8-9H2,1-2H3,(H,20,21). The Bertz CT molecular complexity index is 1070. The quantitative estimate of drug-likeness (QED) is 0.705. The van der Waals surface area contributed by atoms with Gasteiger partial charge in [0.1, 0.15) is 10.6 Å². The van der Waals surface area contributed by atoms with Crippen molar-refractivity contribution in [2.24, 2.45) is 0 Å². The van der Waals surface area contributed by atoms with E-state index in [1.165, 1.54) is 7.11 Å². The van der Waals surface area contributed by atoms with E-state index < -0.39 is 10.0 Å². The summed E-state index contributed by atoms with van der Waals surface area (Å²) in [6.07, 6.45) is 2.98.